The fraction of sp³-hybridized carbons (Fsp3) is 0.385. The summed E-state index contributed by atoms with van der Waals surface area (Å²) in [5.41, 5.74) is -0.119. The van der Waals surface area contributed by atoms with Crippen LogP contribution in [0.1, 0.15) is 23.7 Å². The summed E-state index contributed by atoms with van der Waals surface area (Å²) in [6, 6.07) is 5.36. The fourth-order valence-electron chi connectivity index (χ4n) is 2.21. The third-order valence-corrected chi connectivity index (χ3v) is 4.08. The summed E-state index contributed by atoms with van der Waals surface area (Å²) in [6.07, 6.45) is 1.05. The van der Waals surface area contributed by atoms with Gasteiger partial charge >= 0.3 is 0 Å². The highest BCUT2D eigenvalue weighted by Gasteiger charge is 2.38. The number of β-amino-alcohol motifs (C(OH)–C–C–N with tert-alkyl or cyclic N) is 1. The largest absolute Gasteiger partial charge is 0.379 e. The van der Waals surface area contributed by atoms with Crippen LogP contribution < -0.4 is 5.32 Å². The molecule has 1 atom stereocenters. The quantitative estimate of drug-likeness (QED) is 0.908. The van der Waals surface area contributed by atoms with Crippen molar-refractivity contribution in [2.45, 2.75) is 18.4 Å². The molecule has 106 valence electrons. The van der Waals surface area contributed by atoms with Gasteiger partial charge in [0.2, 0.25) is 0 Å². The molecule has 2 heterocycles. The van der Waals surface area contributed by atoms with Crippen molar-refractivity contribution in [3.63, 3.8) is 0 Å². The summed E-state index contributed by atoms with van der Waals surface area (Å²) in [5.74, 6) is 0.774. The van der Waals surface area contributed by atoms with E-state index >= 15 is 0 Å². The summed E-state index contributed by atoms with van der Waals surface area (Å²) >= 11 is 11.8. The summed E-state index contributed by atoms with van der Waals surface area (Å²) < 4.78 is 5.17. The Morgan fingerprint density at radius 2 is 2.20 bits per heavy atom. The maximum Gasteiger partial charge on any atom is 0.259 e. The minimum absolute atomic E-state index is 0.262. The van der Waals surface area contributed by atoms with Crippen LogP contribution in [0, 0.1) is 0 Å². The standard InChI is InChI=1S/C13H13Cl2N3O2/c14-9-2-1-8(5-10(9)15)6-11-17-12(20-18-11)13(19)3-4-16-7-13/h1-2,5,16,19H,3-4,6-7H2. The molecule has 7 heteroatoms. The molecule has 20 heavy (non-hydrogen) atoms. The molecule has 1 fully saturated rings. The third-order valence-electron chi connectivity index (χ3n) is 3.35. The molecule has 0 radical (unpaired) electrons. The first-order valence-electron chi connectivity index (χ1n) is 6.27. The number of hydrogen-bond donors (Lipinski definition) is 2. The van der Waals surface area contributed by atoms with Crippen LogP contribution in [-0.4, -0.2) is 28.3 Å². The van der Waals surface area contributed by atoms with Crippen molar-refractivity contribution in [1.29, 1.82) is 0 Å². The third kappa shape index (κ3) is 2.67. The minimum atomic E-state index is -1.05. The number of nitrogens with zero attached hydrogens (tertiary/aromatic N) is 2. The van der Waals surface area contributed by atoms with Gasteiger partial charge in [0.1, 0.15) is 0 Å². The smallest absolute Gasteiger partial charge is 0.259 e. The predicted molar refractivity (Wildman–Crippen MR) is 74.9 cm³/mol. The first kappa shape index (κ1) is 13.8. The van der Waals surface area contributed by atoms with Gasteiger partial charge in [-0.1, -0.05) is 34.4 Å². The Balaban J connectivity index is 1.78. The molecule has 0 amide bonds. The second kappa shape index (κ2) is 5.33. The van der Waals surface area contributed by atoms with Gasteiger partial charge in [0.25, 0.3) is 5.89 Å². The van der Waals surface area contributed by atoms with Crippen molar-refractivity contribution >= 4 is 23.2 Å². The average Bonchev–Trinajstić information content (AvgIpc) is 3.04. The Kier molecular flexibility index (Phi) is 3.69. The van der Waals surface area contributed by atoms with E-state index in [2.05, 4.69) is 15.5 Å². The predicted octanol–water partition coefficient (Wildman–Crippen LogP) is 2.15. The van der Waals surface area contributed by atoms with Crippen molar-refractivity contribution in [2.24, 2.45) is 0 Å². The molecule has 2 aromatic rings. The topological polar surface area (TPSA) is 71.2 Å². The van der Waals surface area contributed by atoms with E-state index in [4.69, 9.17) is 27.7 Å². The van der Waals surface area contributed by atoms with E-state index in [0.29, 0.717) is 35.3 Å². The normalized spacial score (nSPS) is 22.4. The van der Waals surface area contributed by atoms with Crippen molar-refractivity contribution in [3.8, 4) is 0 Å². The van der Waals surface area contributed by atoms with E-state index in [0.717, 1.165) is 12.1 Å². The molecule has 0 aliphatic carbocycles. The van der Waals surface area contributed by atoms with Crippen molar-refractivity contribution < 1.29 is 9.63 Å². The second-order valence-electron chi connectivity index (χ2n) is 4.90. The van der Waals surface area contributed by atoms with Crippen LogP contribution in [0.3, 0.4) is 0 Å². The van der Waals surface area contributed by atoms with Crippen molar-refractivity contribution in [2.75, 3.05) is 13.1 Å². The lowest BCUT2D eigenvalue weighted by molar-refractivity contribution is 0.0243. The van der Waals surface area contributed by atoms with Crippen molar-refractivity contribution in [1.82, 2.24) is 15.5 Å². The zero-order valence-corrected chi connectivity index (χ0v) is 12.1. The molecule has 0 bridgehead atoms. The summed E-state index contributed by atoms with van der Waals surface area (Å²) in [6.45, 7) is 1.17. The lowest BCUT2D eigenvalue weighted by atomic mass is 10.0. The SMILES string of the molecule is OC1(c2nc(Cc3ccc(Cl)c(Cl)c3)no2)CCNC1. The molecule has 1 aliphatic heterocycles. The van der Waals surface area contributed by atoms with E-state index in [9.17, 15) is 5.11 Å². The highest BCUT2D eigenvalue weighted by Crippen LogP contribution is 2.27. The van der Waals surface area contributed by atoms with Crippen LogP contribution in [0.4, 0.5) is 0 Å². The van der Waals surface area contributed by atoms with E-state index in [1.54, 1.807) is 12.1 Å². The fourth-order valence-corrected chi connectivity index (χ4v) is 2.53. The maximum atomic E-state index is 10.3. The maximum absolute atomic E-state index is 10.3. The number of nitrogens with one attached hydrogen (secondary N) is 1. The van der Waals surface area contributed by atoms with Crippen LogP contribution in [0.15, 0.2) is 22.7 Å². The minimum Gasteiger partial charge on any atom is -0.379 e. The molecular weight excluding hydrogens is 301 g/mol. The van der Waals surface area contributed by atoms with Gasteiger partial charge < -0.3 is 14.9 Å². The Morgan fingerprint density at radius 3 is 2.90 bits per heavy atom. The molecular formula is C13H13Cl2N3O2. The number of benzene rings is 1. The van der Waals surface area contributed by atoms with Gasteiger partial charge in [-0.25, -0.2) is 0 Å². The van der Waals surface area contributed by atoms with Crippen molar-refractivity contribution in [3.05, 3.63) is 45.5 Å². The second-order valence-corrected chi connectivity index (χ2v) is 5.71. The molecule has 1 aromatic carbocycles. The van der Waals surface area contributed by atoms with Crippen LogP contribution in [0.25, 0.3) is 0 Å². The van der Waals surface area contributed by atoms with Crippen LogP contribution in [0.2, 0.25) is 10.0 Å². The highest BCUT2D eigenvalue weighted by atomic mass is 35.5. The van der Waals surface area contributed by atoms with Gasteiger partial charge in [-0.3, -0.25) is 0 Å². The average molecular weight is 314 g/mol. The monoisotopic (exact) mass is 313 g/mol. The first-order valence-corrected chi connectivity index (χ1v) is 7.02. The Morgan fingerprint density at radius 1 is 1.35 bits per heavy atom. The van der Waals surface area contributed by atoms with E-state index in [-0.39, 0.29) is 5.89 Å². The van der Waals surface area contributed by atoms with E-state index < -0.39 is 5.60 Å². The van der Waals surface area contributed by atoms with Crippen LogP contribution in [-0.2, 0) is 12.0 Å². The Hall–Kier alpha value is -1.14. The molecule has 1 saturated heterocycles. The van der Waals surface area contributed by atoms with Gasteiger partial charge in [0.05, 0.1) is 10.0 Å². The van der Waals surface area contributed by atoms with Crippen LogP contribution >= 0.6 is 23.2 Å². The summed E-state index contributed by atoms with van der Waals surface area (Å²) in [4.78, 5) is 4.27. The van der Waals surface area contributed by atoms with Gasteiger partial charge in [0, 0.05) is 13.0 Å². The Labute approximate surface area is 125 Å². The number of halogens is 2. The lowest BCUT2D eigenvalue weighted by Crippen LogP contribution is -2.28. The van der Waals surface area contributed by atoms with Gasteiger partial charge in [-0.2, -0.15) is 4.98 Å². The van der Waals surface area contributed by atoms with Gasteiger partial charge in [0.15, 0.2) is 11.4 Å². The highest BCUT2D eigenvalue weighted by molar-refractivity contribution is 6.42. The molecule has 3 rings (SSSR count). The first-order chi connectivity index (χ1) is 9.57. The van der Waals surface area contributed by atoms with Crippen LogP contribution in [0.5, 0.6) is 0 Å². The molecule has 0 saturated carbocycles. The summed E-state index contributed by atoms with van der Waals surface area (Å²) in [5, 5.41) is 18.3. The zero-order chi connectivity index (χ0) is 14.2. The summed E-state index contributed by atoms with van der Waals surface area (Å²) in [7, 11) is 0. The number of rotatable bonds is 3. The molecule has 1 aromatic heterocycles. The molecule has 1 aliphatic rings. The van der Waals surface area contributed by atoms with E-state index in [1.807, 2.05) is 6.07 Å². The molecule has 1 unspecified atom stereocenters. The van der Waals surface area contributed by atoms with Gasteiger partial charge in [-0.15, -0.1) is 0 Å². The number of aliphatic hydroxyl groups is 1. The Bertz CT molecular complexity index is 624. The molecule has 5 nitrogen and oxygen atoms in total. The number of hydrogen-bond acceptors (Lipinski definition) is 5. The number of aromatic nitrogens is 2. The van der Waals surface area contributed by atoms with Gasteiger partial charge in [-0.05, 0) is 30.7 Å². The molecule has 2 N–H and O–H groups in total. The lowest BCUT2D eigenvalue weighted by Gasteiger charge is -2.14. The molecule has 0 spiro atoms. The van der Waals surface area contributed by atoms with E-state index in [1.165, 1.54) is 0 Å². The zero-order valence-electron chi connectivity index (χ0n) is 10.6.